The number of likely N-dealkylation sites (N-methyl/N-ethyl adjacent to an activating group) is 1. The van der Waals surface area contributed by atoms with Crippen LogP contribution in [0.3, 0.4) is 0 Å². The van der Waals surface area contributed by atoms with Crippen LogP contribution in [-0.2, 0) is 0 Å². The number of rotatable bonds is 7. The van der Waals surface area contributed by atoms with Gasteiger partial charge in [-0.05, 0) is 14.1 Å². The van der Waals surface area contributed by atoms with Gasteiger partial charge in [-0.3, -0.25) is 0 Å². The van der Waals surface area contributed by atoms with Crippen LogP contribution in [0.5, 0.6) is 0 Å². The largest absolute Gasteiger partial charge is 0.396 e. The molecule has 0 heterocycles. The summed E-state index contributed by atoms with van der Waals surface area (Å²) in [6.07, 6.45) is 0. The van der Waals surface area contributed by atoms with E-state index in [1.807, 2.05) is 21.0 Å². The van der Waals surface area contributed by atoms with Crippen LogP contribution in [0.25, 0.3) is 0 Å². The Morgan fingerprint density at radius 1 is 1.23 bits per heavy atom. The van der Waals surface area contributed by atoms with E-state index in [1.54, 1.807) is 0 Å². The van der Waals surface area contributed by atoms with Crippen LogP contribution in [0.4, 0.5) is 0 Å². The van der Waals surface area contributed by atoms with Crippen LogP contribution in [0.1, 0.15) is 6.92 Å². The molecule has 0 rings (SSSR count). The minimum absolute atomic E-state index is 0.0124. The molecule has 0 spiro atoms. The van der Waals surface area contributed by atoms with Crippen molar-refractivity contribution in [3.63, 3.8) is 0 Å². The van der Waals surface area contributed by atoms with Gasteiger partial charge in [-0.2, -0.15) is 0 Å². The molecule has 80 valence electrons. The van der Waals surface area contributed by atoms with Crippen LogP contribution in [-0.4, -0.2) is 62.1 Å². The molecule has 0 atom stereocenters. The van der Waals surface area contributed by atoms with E-state index in [1.165, 1.54) is 0 Å². The zero-order valence-electron chi connectivity index (χ0n) is 8.88. The summed E-state index contributed by atoms with van der Waals surface area (Å²) >= 11 is 0. The molecule has 0 aromatic rings. The van der Waals surface area contributed by atoms with E-state index < -0.39 is 5.41 Å². The smallest absolute Gasteiger partial charge is 0.0518 e. The predicted molar refractivity (Wildman–Crippen MR) is 53.7 cm³/mol. The SMILES string of the molecule is CN(C)CCNCC(C)(CO)CO. The molecule has 0 aromatic heterocycles. The molecule has 0 aromatic carbocycles. The number of nitrogens with one attached hydrogen (secondary N) is 1. The fourth-order valence-electron chi connectivity index (χ4n) is 0.855. The van der Waals surface area contributed by atoms with Crippen LogP contribution in [0.15, 0.2) is 0 Å². The van der Waals surface area contributed by atoms with Gasteiger partial charge in [0.15, 0.2) is 0 Å². The first-order valence-electron chi connectivity index (χ1n) is 4.61. The van der Waals surface area contributed by atoms with Crippen LogP contribution < -0.4 is 5.32 Å². The van der Waals surface area contributed by atoms with E-state index in [9.17, 15) is 0 Å². The third-order valence-electron chi connectivity index (χ3n) is 2.05. The molecule has 0 aliphatic rings. The Labute approximate surface area is 80.6 Å². The summed E-state index contributed by atoms with van der Waals surface area (Å²) < 4.78 is 0. The maximum absolute atomic E-state index is 8.98. The molecule has 0 radical (unpaired) electrons. The molecule has 0 unspecified atom stereocenters. The van der Waals surface area contributed by atoms with Crippen molar-refractivity contribution < 1.29 is 10.2 Å². The monoisotopic (exact) mass is 190 g/mol. The topological polar surface area (TPSA) is 55.7 Å². The standard InChI is InChI=1S/C9H22N2O2/c1-9(7-12,8-13)6-10-4-5-11(2)3/h10,12-13H,4-8H2,1-3H3. The summed E-state index contributed by atoms with van der Waals surface area (Å²) in [4.78, 5) is 2.09. The number of hydrogen-bond acceptors (Lipinski definition) is 4. The van der Waals surface area contributed by atoms with Crippen molar-refractivity contribution in [3.8, 4) is 0 Å². The summed E-state index contributed by atoms with van der Waals surface area (Å²) in [6, 6.07) is 0. The second-order valence-electron chi connectivity index (χ2n) is 4.11. The molecule has 0 saturated heterocycles. The van der Waals surface area contributed by atoms with Gasteiger partial charge in [0.05, 0.1) is 13.2 Å². The average molecular weight is 190 g/mol. The van der Waals surface area contributed by atoms with E-state index in [2.05, 4.69) is 10.2 Å². The second kappa shape index (κ2) is 6.32. The van der Waals surface area contributed by atoms with Crippen molar-refractivity contribution in [2.45, 2.75) is 6.92 Å². The summed E-state index contributed by atoms with van der Waals surface area (Å²) in [5.41, 5.74) is -0.397. The first kappa shape index (κ1) is 12.8. The van der Waals surface area contributed by atoms with Crippen molar-refractivity contribution in [3.05, 3.63) is 0 Å². The second-order valence-corrected chi connectivity index (χ2v) is 4.11. The molecule has 0 aliphatic carbocycles. The molecule has 3 N–H and O–H groups in total. The maximum atomic E-state index is 8.98. The normalized spacial score (nSPS) is 12.5. The predicted octanol–water partition coefficient (Wildman–Crippen LogP) is -0.871. The Balaban J connectivity index is 3.50. The van der Waals surface area contributed by atoms with E-state index in [-0.39, 0.29) is 13.2 Å². The van der Waals surface area contributed by atoms with Gasteiger partial charge in [0, 0.05) is 25.0 Å². The fraction of sp³-hybridized carbons (Fsp3) is 1.00. The minimum atomic E-state index is -0.397. The maximum Gasteiger partial charge on any atom is 0.0518 e. The molecule has 4 heteroatoms. The Hall–Kier alpha value is -0.160. The van der Waals surface area contributed by atoms with Gasteiger partial charge in [-0.1, -0.05) is 6.92 Å². The molecule has 0 fully saturated rings. The number of aliphatic hydroxyl groups excluding tert-OH is 2. The van der Waals surface area contributed by atoms with E-state index in [0.29, 0.717) is 6.54 Å². The lowest BCUT2D eigenvalue weighted by molar-refractivity contribution is 0.0696. The number of nitrogens with zero attached hydrogens (tertiary/aromatic N) is 1. The lowest BCUT2D eigenvalue weighted by atomic mass is 9.93. The van der Waals surface area contributed by atoms with E-state index in [0.717, 1.165) is 13.1 Å². The van der Waals surface area contributed by atoms with E-state index >= 15 is 0 Å². The van der Waals surface area contributed by atoms with Crippen molar-refractivity contribution in [2.75, 3.05) is 46.9 Å². The summed E-state index contributed by atoms with van der Waals surface area (Å²) in [5.74, 6) is 0. The molecular weight excluding hydrogens is 168 g/mol. The zero-order valence-corrected chi connectivity index (χ0v) is 8.88. The van der Waals surface area contributed by atoms with Gasteiger partial charge < -0.3 is 20.4 Å². The molecule has 4 nitrogen and oxygen atoms in total. The molecule has 0 saturated carbocycles. The third-order valence-corrected chi connectivity index (χ3v) is 2.05. The highest BCUT2D eigenvalue weighted by atomic mass is 16.3. The van der Waals surface area contributed by atoms with Crippen LogP contribution >= 0.6 is 0 Å². The van der Waals surface area contributed by atoms with Crippen molar-refractivity contribution in [2.24, 2.45) is 5.41 Å². The van der Waals surface area contributed by atoms with Gasteiger partial charge in [-0.15, -0.1) is 0 Å². The average Bonchev–Trinajstić information content (AvgIpc) is 2.12. The minimum Gasteiger partial charge on any atom is -0.396 e. The third kappa shape index (κ3) is 5.99. The summed E-state index contributed by atoms with van der Waals surface area (Å²) in [6.45, 7) is 4.37. The van der Waals surface area contributed by atoms with Gasteiger partial charge in [0.1, 0.15) is 0 Å². The van der Waals surface area contributed by atoms with Crippen LogP contribution in [0, 0.1) is 5.41 Å². The Kier molecular flexibility index (Phi) is 6.24. The number of hydrogen-bond donors (Lipinski definition) is 3. The molecular formula is C9H22N2O2. The van der Waals surface area contributed by atoms with Gasteiger partial charge in [-0.25, -0.2) is 0 Å². The molecule has 0 bridgehead atoms. The number of aliphatic hydroxyl groups is 2. The van der Waals surface area contributed by atoms with Crippen LogP contribution in [0.2, 0.25) is 0 Å². The molecule has 13 heavy (non-hydrogen) atoms. The Bertz CT molecular complexity index is 125. The van der Waals surface area contributed by atoms with Gasteiger partial charge in [0.2, 0.25) is 0 Å². The molecule has 0 aliphatic heterocycles. The lowest BCUT2D eigenvalue weighted by Gasteiger charge is -2.25. The first-order valence-corrected chi connectivity index (χ1v) is 4.61. The zero-order chi connectivity index (χ0) is 10.3. The van der Waals surface area contributed by atoms with Crippen molar-refractivity contribution >= 4 is 0 Å². The quantitative estimate of drug-likeness (QED) is 0.457. The summed E-state index contributed by atoms with van der Waals surface area (Å²) in [5, 5.41) is 21.2. The summed E-state index contributed by atoms with van der Waals surface area (Å²) in [7, 11) is 4.03. The Morgan fingerprint density at radius 3 is 2.15 bits per heavy atom. The highest BCUT2D eigenvalue weighted by molar-refractivity contribution is 4.74. The highest BCUT2D eigenvalue weighted by Gasteiger charge is 2.21. The van der Waals surface area contributed by atoms with E-state index in [4.69, 9.17) is 10.2 Å². The molecule has 0 amide bonds. The fourth-order valence-corrected chi connectivity index (χ4v) is 0.855. The lowest BCUT2D eigenvalue weighted by Crippen LogP contribution is -2.40. The van der Waals surface area contributed by atoms with Gasteiger partial charge >= 0.3 is 0 Å². The highest BCUT2D eigenvalue weighted by Crippen LogP contribution is 2.11. The van der Waals surface area contributed by atoms with Crippen molar-refractivity contribution in [1.29, 1.82) is 0 Å². The van der Waals surface area contributed by atoms with Crippen molar-refractivity contribution in [1.82, 2.24) is 10.2 Å². The first-order chi connectivity index (χ1) is 6.04. The Morgan fingerprint density at radius 2 is 1.77 bits per heavy atom. The van der Waals surface area contributed by atoms with Gasteiger partial charge in [0.25, 0.3) is 0 Å².